The molecule has 1 aromatic carbocycles. The standard InChI is InChI=1S/C20H23ClN4O/c1-15-13-17(21)5-6-18(15)25-11-7-16(14-22)19(25)20(26)23-8-12-24-9-3-2-4-10-24/h5-7,11,13H,2-4,8-10,12H2,1H3,(H,23,26). The number of nitrogens with zero attached hydrogens (tertiary/aromatic N) is 3. The van der Waals surface area contributed by atoms with Gasteiger partial charge in [0, 0.05) is 30.0 Å². The Bertz CT molecular complexity index is 831. The molecule has 0 radical (unpaired) electrons. The molecular formula is C20H23ClN4O. The number of amides is 1. The largest absolute Gasteiger partial charge is 0.349 e. The van der Waals surface area contributed by atoms with Gasteiger partial charge in [-0.2, -0.15) is 5.26 Å². The van der Waals surface area contributed by atoms with Crippen molar-refractivity contribution in [2.24, 2.45) is 0 Å². The minimum atomic E-state index is -0.224. The Morgan fingerprint density at radius 1 is 1.27 bits per heavy atom. The number of benzene rings is 1. The van der Waals surface area contributed by atoms with E-state index in [9.17, 15) is 10.1 Å². The van der Waals surface area contributed by atoms with Crippen LogP contribution in [0.4, 0.5) is 0 Å². The molecule has 0 aliphatic carbocycles. The summed E-state index contributed by atoms with van der Waals surface area (Å²) >= 11 is 6.04. The van der Waals surface area contributed by atoms with Crippen molar-refractivity contribution in [3.05, 3.63) is 52.3 Å². The highest BCUT2D eigenvalue weighted by Crippen LogP contribution is 2.23. The molecule has 0 bridgehead atoms. The second kappa shape index (κ2) is 8.39. The molecule has 0 atom stereocenters. The third kappa shape index (κ3) is 4.09. The van der Waals surface area contributed by atoms with Crippen molar-refractivity contribution in [1.29, 1.82) is 5.26 Å². The number of halogens is 1. The summed E-state index contributed by atoms with van der Waals surface area (Å²) < 4.78 is 1.76. The molecule has 136 valence electrons. The molecule has 3 rings (SSSR count). The van der Waals surface area contributed by atoms with Gasteiger partial charge in [-0.1, -0.05) is 18.0 Å². The average molecular weight is 371 g/mol. The van der Waals surface area contributed by atoms with Gasteiger partial charge in [0.05, 0.1) is 5.56 Å². The Hall–Kier alpha value is -2.29. The smallest absolute Gasteiger partial charge is 0.269 e. The monoisotopic (exact) mass is 370 g/mol. The van der Waals surface area contributed by atoms with Gasteiger partial charge in [-0.25, -0.2) is 0 Å². The van der Waals surface area contributed by atoms with Crippen molar-refractivity contribution in [3.8, 4) is 11.8 Å². The van der Waals surface area contributed by atoms with E-state index in [1.54, 1.807) is 22.9 Å². The van der Waals surface area contributed by atoms with E-state index < -0.39 is 0 Å². The number of carbonyl (C=O) groups excluding carboxylic acids is 1. The maximum Gasteiger partial charge on any atom is 0.269 e. The minimum absolute atomic E-state index is 0.224. The molecule has 6 heteroatoms. The third-order valence-electron chi connectivity index (χ3n) is 4.80. The maximum absolute atomic E-state index is 12.8. The van der Waals surface area contributed by atoms with Crippen molar-refractivity contribution in [1.82, 2.24) is 14.8 Å². The highest BCUT2D eigenvalue weighted by atomic mass is 35.5. The van der Waals surface area contributed by atoms with Crippen LogP contribution in [0.5, 0.6) is 0 Å². The molecule has 2 heterocycles. The predicted molar refractivity (Wildman–Crippen MR) is 103 cm³/mol. The number of carbonyl (C=O) groups is 1. The van der Waals surface area contributed by atoms with Gasteiger partial charge >= 0.3 is 0 Å². The lowest BCUT2D eigenvalue weighted by atomic mass is 10.1. The van der Waals surface area contributed by atoms with Crippen LogP contribution in [0, 0.1) is 18.3 Å². The number of nitriles is 1. The second-order valence-electron chi connectivity index (χ2n) is 6.65. The molecule has 26 heavy (non-hydrogen) atoms. The van der Waals surface area contributed by atoms with Crippen LogP contribution < -0.4 is 5.32 Å². The first-order chi connectivity index (χ1) is 12.6. The van der Waals surface area contributed by atoms with Crippen LogP contribution in [0.3, 0.4) is 0 Å². The quantitative estimate of drug-likeness (QED) is 0.875. The Kier molecular flexibility index (Phi) is 5.97. The summed E-state index contributed by atoms with van der Waals surface area (Å²) in [6.07, 6.45) is 5.51. The molecule has 1 N–H and O–H groups in total. The zero-order valence-corrected chi connectivity index (χ0v) is 15.7. The highest BCUT2D eigenvalue weighted by molar-refractivity contribution is 6.30. The first-order valence-corrected chi connectivity index (χ1v) is 9.36. The van der Waals surface area contributed by atoms with Gasteiger partial charge in [0.2, 0.25) is 0 Å². The molecule has 1 fully saturated rings. The molecule has 1 aliphatic heterocycles. The summed E-state index contributed by atoms with van der Waals surface area (Å²) in [6, 6.07) is 9.29. The van der Waals surface area contributed by atoms with E-state index in [-0.39, 0.29) is 5.91 Å². The average Bonchev–Trinajstić information content (AvgIpc) is 3.06. The van der Waals surface area contributed by atoms with Crippen molar-refractivity contribution >= 4 is 17.5 Å². The zero-order valence-electron chi connectivity index (χ0n) is 15.0. The molecule has 1 saturated heterocycles. The lowest BCUT2D eigenvalue weighted by molar-refractivity contribution is 0.0939. The van der Waals surface area contributed by atoms with E-state index in [1.807, 2.05) is 19.1 Å². The molecular weight excluding hydrogens is 348 g/mol. The normalized spacial score (nSPS) is 14.8. The molecule has 0 saturated carbocycles. The van der Waals surface area contributed by atoms with Crippen LogP contribution in [-0.4, -0.2) is 41.6 Å². The Morgan fingerprint density at radius 3 is 2.73 bits per heavy atom. The topological polar surface area (TPSA) is 61.1 Å². The fourth-order valence-electron chi connectivity index (χ4n) is 3.44. The van der Waals surface area contributed by atoms with Gasteiger partial charge in [0.25, 0.3) is 5.91 Å². The molecule has 1 aromatic heterocycles. The Balaban J connectivity index is 1.76. The number of likely N-dealkylation sites (tertiary alicyclic amines) is 1. The third-order valence-corrected chi connectivity index (χ3v) is 5.04. The number of rotatable bonds is 5. The lowest BCUT2D eigenvalue weighted by Gasteiger charge is -2.26. The maximum atomic E-state index is 12.8. The fourth-order valence-corrected chi connectivity index (χ4v) is 3.67. The lowest BCUT2D eigenvalue weighted by Crippen LogP contribution is -2.38. The van der Waals surface area contributed by atoms with Crippen molar-refractivity contribution in [2.45, 2.75) is 26.2 Å². The number of aromatic nitrogens is 1. The van der Waals surface area contributed by atoms with Gasteiger partial charge in [0.1, 0.15) is 11.8 Å². The van der Waals surface area contributed by atoms with Crippen LogP contribution >= 0.6 is 11.6 Å². The summed E-state index contributed by atoms with van der Waals surface area (Å²) in [4.78, 5) is 15.1. The van der Waals surface area contributed by atoms with Gasteiger partial charge in [0.15, 0.2) is 0 Å². The minimum Gasteiger partial charge on any atom is -0.349 e. The number of nitrogens with one attached hydrogen (secondary N) is 1. The highest BCUT2D eigenvalue weighted by Gasteiger charge is 2.19. The van der Waals surface area contributed by atoms with E-state index in [4.69, 9.17) is 11.6 Å². The van der Waals surface area contributed by atoms with E-state index >= 15 is 0 Å². The first-order valence-electron chi connectivity index (χ1n) is 8.98. The molecule has 1 aliphatic rings. The number of piperidine rings is 1. The van der Waals surface area contributed by atoms with Gasteiger partial charge < -0.3 is 14.8 Å². The summed E-state index contributed by atoms with van der Waals surface area (Å²) in [5, 5.41) is 13.0. The van der Waals surface area contributed by atoms with Crippen LogP contribution in [0.2, 0.25) is 5.02 Å². The van der Waals surface area contributed by atoms with E-state index in [0.29, 0.717) is 22.8 Å². The molecule has 1 amide bonds. The SMILES string of the molecule is Cc1cc(Cl)ccc1-n1ccc(C#N)c1C(=O)NCCN1CCCCC1. The van der Waals surface area contributed by atoms with Crippen LogP contribution in [-0.2, 0) is 0 Å². The van der Waals surface area contributed by atoms with Crippen LogP contribution in [0.15, 0.2) is 30.5 Å². The molecule has 2 aromatic rings. The predicted octanol–water partition coefficient (Wildman–Crippen LogP) is 3.53. The molecule has 0 spiro atoms. The number of aryl methyl sites for hydroxylation is 1. The Morgan fingerprint density at radius 2 is 2.04 bits per heavy atom. The second-order valence-corrected chi connectivity index (χ2v) is 7.09. The van der Waals surface area contributed by atoms with Crippen molar-refractivity contribution in [2.75, 3.05) is 26.2 Å². The zero-order chi connectivity index (χ0) is 18.5. The summed E-state index contributed by atoms with van der Waals surface area (Å²) in [6.45, 7) is 5.55. The van der Waals surface area contributed by atoms with Crippen molar-refractivity contribution < 1.29 is 4.79 Å². The summed E-state index contributed by atoms with van der Waals surface area (Å²) in [5.74, 6) is -0.224. The number of hydrogen-bond donors (Lipinski definition) is 1. The van der Waals surface area contributed by atoms with Crippen molar-refractivity contribution in [3.63, 3.8) is 0 Å². The van der Waals surface area contributed by atoms with E-state index in [0.717, 1.165) is 30.9 Å². The van der Waals surface area contributed by atoms with E-state index in [2.05, 4.69) is 16.3 Å². The van der Waals surface area contributed by atoms with Gasteiger partial charge in [-0.3, -0.25) is 4.79 Å². The van der Waals surface area contributed by atoms with E-state index in [1.165, 1.54) is 19.3 Å². The van der Waals surface area contributed by atoms with Crippen LogP contribution in [0.25, 0.3) is 5.69 Å². The number of hydrogen-bond acceptors (Lipinski definition) is 3. The fraction of sp³-hybridized carbons (Fsp3) is 0.400. The first kappa shape index (κ1) is 18.5. The van der Waals surface area contributed by atoms with Gasteiger partial charge in [-0.15, -0.1) is 0 Å². The van der Waals surface area contributed by atoms with Gasteiger partial charge in [-0.05, 0) is 62.7 Å². The summed E-state index contributed by atoms with van der Waals surface area (Å²) in [5.41, 5.74) is 2.53. The van der Waals surface area contributed by atoms with Crippen LogP contribution in [0.1, 0.15) is 40.9 Å². The summed E-state index contributed by atoms with van der Waals surface area (Å²) in [7, 11) is 0. The Labute approximate surface area is 159 Å². The molecule has 5 nitrogen and oxygen atoms in total. The molecule has 0 unspecified atom stereocenters.